The number of hydrogen-bond acceptors (Lipinski definition) is 4. The van der Waals surface area contributed by atoms with E-state index in [1.165, 1.54) is 6.34 Å². The van der Waals surface area contributed by atoms with Gasteiger partial charge in [0.1, 0.15) is 8.84 Å². The van der Waals surface area contributed by atoms with Gasteiger partial charge in [0.25, 0.3) is 0 Å². The van der Waals surface area contributed by atoms with E-state index in [0.29, 0.717) is 0 Å². The van der Waals surface area contributed by atoms with Crippen LogP contribution in [0.25, 0.3) is 0 Å². The number of nitrogens with zero attached hydrogens (tertiary/aromatic N) is 2. The molecule has 0 radical (unpaired) electrons. The van der Waals surface area contributed by atoms with Crippen molar-refractivity contribution in [1.29, 1.82) is 0 Å². The van der Waals surface area contributed by atoms with E-state index in [1.54, 1.807) is 19.1 Å². The molecule has 0 saturated carbocycles. The molecule has 0 aromatic heterocycles. The number of carboxylic acids is 1. The third kappa shape index (κ3) is 7.51. The third-order valence-electron chi connectivity index (χ3n) is 1.05. The van der Waals surface area contributed by atoms with Crippen molar-refractivity contribution < 1.29 is 18.2 Å². The minimum atomic E-state index is -3.22. The fourth-order valence-electron chi connectivity index (χ4n) is 0.466. The monoisotopic (exact) mass is 208 g/mol. The second-order valence-electron chi connectivity index (χ2n) is 2.52. The lowest BCUT2D eigenvalue weighted by Gasteiger charge is -2.07. The largest absolute Gasteiger partial charge is 0.480 e. The first-order valence-electron chi connectivity index (χ1n) is 6.80. The van der Waals surface area contributed by atoms with Crippen LogP contribution < -0.4 is 11.1 Å². The van der Waals surface area contributed by atoms with E-state index in [9.17, 15) is 4.79 Å². The van der Waals surface area contributed by atoms with Crippen molar-refractivity contribution in [2.75, 3.05) is 20.6 Å². The van der Waals surface area contributed by atoms with Gasteiger partial charge in [-0.3, -0.25) is 9.79 Å². The maximum Gasteiger partial charge on any atom is 0.320 e. The van der Waals surface area contributed by atoms with Gasteiger partial charge in [-0.15, -0.1) is 0 Å². The summed E-state index contributed by atoms with van der Waals surface area (Å²) in [5.74, 6) is -2.01. The summed E-state index contributed by atoms with van der Waals surface area (Å²) in [6.07, 6.45) is -3.50. The Morgan fingerprint density at radius 2 is 2.71 bits per heavy atom. The molecule has 82 valence electrons. The van der Waals surface area contributed by atoms with Gasteiger partial charge >= 0.3 is 5.97 Å². The zero-order valence-electron chi connectivity index (χ0n) is 14.1. The van der Waals surface area contributed by atoms with Crippen LogP contribution in [0.3, 0.4) is 0 Å². The molecule has 0 aromatic carbocycles. The molecule has 0 bridgehead atoms. The number of hydrogen-bond donors (Lipinski definition) is 3. The normalized spacial score (nSPS) is 25.4. The van der Waals surface area contributed by atoms with Gasteiger partial charge in [0, 0.05) is 24.8 Å². The van der Waals surface area contributed by atoms with Crippen LogP contribution >= 0.6 is 0 Å². The van der Waals surface area contributed by atoms with Gasteiger partial charge in [0.15, 0.2) is 0 Å². The highest BCUT2D eigenvalue weighted by atomic mass is 16.4. The topological polar surface area (TPSA) is 91.0 Å². The highest BCUT2D eigenvalue weighted by Gasteiger charge is 2.09. The first-order chi connectivity index (χ1) is 8.97. The van der Waals surface area contributed by atoms with Crippen LogP contribution in [0.5, 0.6) is 0 Å². The van der Waals surface area contributed by atoms with E-state index in [0.717, 1.165) is 0 Å². The van der Waals surface area contributed by atoms with Crippen LogP contribution in [-0.2, 0) is 4.79 Å². The fourth-order valence-corrected chi connectivity index (χ4v) is 0.466. The Hall–Kier alpha value is -1.14. The van der Waals surface area contributed by atoms with Crippen molar-refractivity contribution in [1.82, 2.24) is 10.4 Å². The summed E-state index contributed by atoms with van der Waals surface area (Å²) in [6.45, 7) is -0.421. The second-order valence-corrected chi connectivity index (χ2v) is 2.52. The van der Waals surface area contributed by atoms with Crippen LogP contribution in [0.2, 0.25) is 2.82 Å². The summed E-state index contributed by atoms with van der Waals surface area (Å²) in [5, 5.41) is 10.4. The Bertz CT molecular complexity index is 367. The Kier molecular flexibility index (Phi) is 2.95. The van der Waals surface area contributed by atoms with E-state index in [2.05, 4.69) is 10.4 Å². The Balaban J connectivity index is 5.01. The van der Waals surface area contributed by atoms with Gasteiger partial charge in [-0.2, -0.15) is 0 Å². The van der Waals surface area contributed by atoms with Crippen molar-refractivity contribution in [2.24, 2.45) is 10.7 Å². The highest BCUT2D eigenvalue weighted by Crippen LogP contribution is 1.94. The maximum atomic E-state index is 11.0. The number of carbonyl (C=O) groups is 1. The Labute approximate surface area is 92.3 Å². The van der Waals surface area contributed by atoms with Crippen LogP contribution in [-0.4, -0.2) is 49.1 Å². The van der Waals surface area contributed by atoms with Crippen LogP contribution in [0.15, 0.2) is 4.99 Å². The van der Waals surface area contributed by atoms with Gasteiger partial charge < -0.3 is 16.3 Å². The molecule has 6 heteroatoms. The number of hydrazine groups is 1. The Morgan fingerprint density at radius 1 is 2.00 bits per heavy atom. The number of aliphatic carboxylic acids is 1. The van der Waals surface area contributed by atoms with Gasteiger partial charge in [-0.05, 0) is 12.8 Å². The number of carboxylic acid groups (broad SMARTS) is 1. The average molecular weight is 208 g/mol. The van der Waals surface area contributed by atoms with Crippen molar-refractivity contribution in [3.63, 3.8) is 0 Å². The summed E-state index contributed by atoms with van der Waals surface area (Å²) in [5.41, 5.74) is 2.07. The number of rotatable bonds is 8. The molecule has 14 heavy (non-hydrogen) atoms. The summed E-state index contributed by atoms with van der Waals surface area (Å²) in [4.78, 5) is 14.7. The molecule has 0 aliphatic heterocycles. The minimum absolute atomic E-state index is 0.421. The molecule has 4 N–H and O–H groups in total. The second kappa shape index (κ2) is 7.28. The van der Waals surface area contributed by atoms with E-state index in [-0.39, 0.29) is 0 Å². The van der Waals surface area contributed by atoms with Crippen molar-refractivity contribution >= 4 is 12.3 Å². The predicted molar refractivity (Wildman–Crippen MR) is 55.0 cm³/mol. The highest BCUT2D eigenvalue weighted by molar-refractivity contribution is 5.72. The summed E-state index contributed by atoms with van der Waals surface area (Å²) in [7, 11) is 3.36. The number of aliphatic imine (C=N–C) groups is 1. The van der Waals surface area contributed by atoms with Crippen molar-refractivity contribution in [3.05, 3.63) is 0 Å². The molecule has 0 aliphatic carbocycles. The lowest BCUT2D eigenvalue weighted by Crippen LogP contribution is -2.30. The van der Waals surface area contributed by atoms with Crippen molar-refractivity contribution in [2.45, 2.75) is 18.8 Å². The average Bonchev–Trinajstić information content (AvgIpc) is 2.31. The zero-order valence-corrected chi connectivity index (χ0v) is 8.06. The number of nitrogens with one attached hydrogen (secondary N) is 1. The third-order valence-corrected chi connectivity index (χ3v) is 1.05. The fraction of sp³-hybridized carbons (Fsp3) is 0.750. The molecule has 0 rings (SSSR count). The molecule has 0 amide bonds. The number of nitrogens with two attached hydrogens (primary N) is 1. The first kappa shape index (κ1) is 5.67. The van der Waals surface area contributed by atoms with E-state index in [1.807, 2.05) is 0 Å². The predicted octanol–water partition coefficient (Wildman–Crippen LogP) is -0.727. The van der Waals surface area contributed by atoms with Gasteiger partial charge in [-0.1, -0.05) is 0 Å². The summed E-state index contributed by atoms with van der Waals surface area (Å²) in [6, 6.07) is -3.22. The molecular formula is C8H18N4O2. The van der Waals surface area contributed by atoms with Crippen LogP contribution in [0, 0.1) is 0 Å². The SMILES string of the molecule is [2H]C(CN=CNN(C)C)C([2H])([2H])C([2H])(C(=O)O)N([2H])[2H]. The van der Waals surface area contributed by atoms with Crippen LogP contribution in [0.1, 0.15) is 18.3 Å². The van der Waals surface area contributed by atoms with Crippen LogP contribution in [0.4, 0.5) is 0 Å². The molecule has 0 saturated heterocycles. The minimum Gasteiger partial charge on any atom is -0.480 e. The molecular weight excluding hydrogens is 184 g/mol. The molecule has 0 aliphatic rings. The van der Waals surface area contributed by atoms with E-state index < -0.39 is 37.0 Å². The lowest BCUT2D eigenvalue weighted by molar-refractivity contribution is -0.138. The van der Waals surface area contributed by atoms with Gasteiger partial charge in [0.05, 0.1) is 7.71 Å². The molecule has 0 fully saturated rings. The smallest absolute Gasteiger partial charge is 0.320 e. The van der Waals surface area contributed by atoms with E-state index in [4.69, 9.17) is 13.4 Å². The van der Waals surface area contributed by atoms with Crippen molar-refractivity contribution in [3.8, 4) is 0 Å². The maximum absolute atomic E-state index is 11.0. The zero-order chi connectivity index (χ0) is 16.1. The summed E-state index contributed by atoms with van der Waals surface area (Å²) >= 11 is 0. The lowest BCUT2D eigenvalue weighted by atomic mass is 10.2. The molecule has 2 unspecified atom stereocenters. The first-order valence-corrected chi connectivity index (χ1v) is 3.83. The molecule has 6 nitrogen and oxygen atoms in total. The van der Waals surface area contributed by atoms with Gasteiger partial charge in [-0.25, -0.2) is 5.01 Å². The molecule has 0 heterocycles. The van der Waals surface area contributed by atoms with Gasteiger partial charge in [0.2, 0.25) is 0 Å². The quantitative estimate of drug-likeness (QED) is 0.278. The molecule has 0 aromatic rings. The standard InChI is InChI=1S/C8H18N4O2/c1-12(2)11-6-10-5-3-4-7(9)8(13)14/h6-7H,3-5,9H2,1-2H3,(H,10,11)(H,13,14)/i3D,4D2,7D/hD2. The molecule has 2 atom stereocenters. The summed E-state index contributed by atoms with van der Waals surface area (Å²) < 4.78 is 44.1. The Morgan fingerprint density at radius 3 is 3.21 bits per heavy atom. The van der Waals surface area contributed by atoms with E-state index >= 15 is 0 Å². The molecule has 0 spiro atoms.